The van der Waals surface area contributed by atoms with Gasteiger partial charge in [0.15, 0.2) is 4.34 Å². The number of hydrogen-bond donors (Lipinski definition) is 1. The predicted octanol–water partition coefficient (Wildman–Crippen LogP) is 4.23. The molecule has 0 aliphatic carbocycles. The number of hydrogen-bond acceptors (Lipinski definition) is 8. The van der Waals surface area contributed by atoms with Crippen molar-refractivity contribution in [2.75, 3.05) is 5.73 Å². The molecule has 2 aromatic heterocycles. The van der Waals surface area contributed by atoms with Gasteiger partial charge in [-0.3, -0.25) is 4.79 Å². The maximum atomic E-state index is 13.2. The van der Waals surface area contributed by atoms with E-state index in [4.69, 9.17) is 21.8 Å². The standard InChI is InChI=1S/C18H16ClN5O2S2/c1-10(27-18-22-21-17(20)28-18)16(25)24-14(15-3-2-8-26-15)9-13(23-24)11-4-6-12(19)7-5-11/h2-8,10,14H,9H2,1H3,(H2,20,21). The minimum Gasteiger partial charge on any atom is -0.467 e. The number of anilines is 1. The molecule has 1 aliphatic rings. The molecule has 2 N–H and O–H groups in total. The molecular formula is C18H16ClN5O2S2. The second-order valence-corrected chi connectivity index (χ2v) is 9.17. The Morgan fingerprint density at radius 2 is 2.14 bits per heavy atom. The Balaban J connectivity index is 1.60. The van der Waals surface area contributed by atoms with Gasteiger partial charge in [0.2, 0.25) is 5.13 Å². The van der Waals surface area contributed by atoms with Gasteiger partial charge in [-0.1, -0.05) is 46.8 Å². The second kappa shape index (κ2) is 7.94. The topological polar surface area (TPSA) is 97.6 Å². The Morgan fingerprint density at radius 3 is 2.79 bits per heavy atom. The fraction of sp³-hybridized carbons (Fsp3) is 0.222. The van der Waals surface area contributed by atoms with E-state index < -0.39 is 5.25 Å². The lowest BCUT2D eigenvalue weighted by Gasteiger charge is -2.22. The largest absolute Gasteiger partial charge is 0.467 e. The molecule has 4 rings (SSSR count). The van der Waals surface area contributed by atoms with Gasteiger partial charge in [0.1, 0.15) is 11.8 Å². The third kappa shape index (κ3) is 3.91. The first-order chi connectivity index (χ1) is 13.5. The number of aromatic nitrogens is 2. The van der Waals surface area contributed by atoms with Crippen LogP contribution in [0.3, 0.4) is 0 Å². The zero-order valence-corrected chi connectivity index (χ0v) is 17.2. The third-order valence-corrected chi connectivity index (χ3v) is 6.41. The van der Waals surface area contributed by atoms with Crippen molar-refractivity contribution in [3.05, 3.63) is 59.0 Å². The van der Waals surface area contributed by atoms with Crippen molar-refractivity contribution >= 4 is 51.5 Å². The Labute approximate surface area is 174 Å². The van der Waals surface area contributed by atoms with Crippen molar-refractivity contribution in [2.45, 2.75) is 29.0 Å². The highest BCUT2D eigenvalue weighted by molar-refractivity contribution is 8.02. The van der Waals surface area contributed by atoms with E-state index in [9.17, 15) is 4.79 Å². The first-order valence-electron chi connectivity index (χ1n) is 8.47. The number of halogens is 1. The van der Waals surface area contributed by atoms with E-state index in [0.29, 0.717) is 26.7 Å². The van der Waals surface area contributed by atoms with Crippen LogP contribution in [0.25, 0.3) is 0 Å². The zero-order chi connectivity index (χ0) is 19.7. The molecule has 1 aliphatic heterocycles. The van der Waals surface area contributed by atoms with Gasteiger partial charge in [0.25, 0.3) is 5.91 Å². The zero-order valence-electron chi connectivity index (χ0n) is 14.8. The van der Waals surface area contributed by atoms with E-state index in [1.54, 1.807) is 12.3 Å². The summed E-state index contributed by atoms with van der Waals surface area (Å²) in [6.07, 6.45) is 2.16. The first-order valence-corrected chi connectivity index (χ1v) is 10.5. The van der Waals surface area contributed by atoms with Gasteiger partial charge in [-0.25, -0.2) is 5.01 Å². The van der Waals surface area contributed by atoms with Crippen molar-refractivity contribution in [1.82, 2.24) is 15.2 Å². The highest BCUT2D eigenvalue weighted by Crippen LogP contribution is 2.36. The second-order valence-electron chi connectivity index (χ2n) is 6.14. The predicted molar refractivity (Wildman–Crippen MR) is 111 cm³/mol. The van der Waals surface area contributed by atoms with Crippen LogP contribution < -0.4 is 5.73 Å². The number of benzene rings is 1. The van der Waals surface area contributed by atoms with Crippen LogP contribution in [0.15, 0.2) is 56.5 Å². The average Bonchev–Trinajstić information content (AvgIpc) is 3.42. The number of nitrogens with zero attached hydrogens (tertiary/aromatic N) is 4. The molecule has 0 spiro atoms. The highest BCUT2D eigenvalue weighted by atomic mass is 35.5. The molecule has 144 valence electrons. The van der Waals surface area contributed by atoms with Crippen molar-refractivity contribution in [3.8, 4) is 0 Å². The summed E-state index contributed by atoms with van der Waals surface area (Å²) in [5.74, 6) is 0.558. The van der Waals surface area contributed by atoms with E-state index in [1.165, 1.54) is 28.1 Å². The van der Waals surface area contributed by atoms with Crippen LogP contribution in [0.1, 0.15) is 30.7 Å². The van der Waals surface area contributed by atoms with Gasteiger partial charge in [-0.15, -0.1) is 10.2 Å². The summed E-state index contributed by atoms with van der Waals surface area (Å²) in [4.78, 5) is 13.2. The highest BCUT2D eigenvalue weighted by Gasteiger charge is 2.37. The molecule has 0 bridgehead atoms. The molecular weight excluding hydrogens is 418 g/mol. The molecule has 0 saturated carbocycles. The van der Waals surface area contributed by atoms with E-state index in [2.05, 4.69) is 15.3 Å². The SMILES string of the molecule is CC(Sc1nnc(N)s1)C(=O)N1N=C(c2ccc(Cl)cc2)CC1c1ccco1. The summed E-state index contributed by atoms with van der Waals surface area (Å²) in [5.41, 5.74) is 7.36. The Kier molecular flexibility index (Phi) is 5.38. The molecule has 2 atom stereocenters. The lowest BCUT2D eigenvalue weighted by atomic mass is 10.0. The number of rotatable bonds is 5. The quantitative estimate of drug-likeness (QED) is 0.605. The van der Waals surface area contributed by atoms with Crippen LogP contribution in [-0.4, -0.2) is 32.1 Å². The van der Waals surface area contributed by atoms with Crippen molar-refractivity contribution in [2.24, 2.45) is 5.10 Å². The first kappa shape index (κ1) is 19.0. The molecule has 10 heteroatoms. The van der Waals surface area contributed by atoms with Crippen molar-refractivity contribution in [3.63, 3.8) is 0 Å². The Hall–Kier alpha value is -2.36. The Morgan fingerprint density at radius 1 is 1.36 bits per heavy atom. The van der Waals surface area contributed by atoms with Crippen molar-refractivity contribution < 1.29 is 9.21 Å². The molecule has 1 amide bonds. The maximum Gasteiger partial charge on any atom is 0.256 e. The van der Waals surface area contributed by atoms with E-state index in [0.717, 1.165) is 11.3 Å². The number of thioether (sulfide) groups is 1. The van der Waals surface area contributed by atoms with Gasteiger partial charge in [0.05, 0.1) is 17.2 Å². The minimum atomic E-state index is -0.405. The van der Waals surface area contributed by atoms with E-state index in [-0.39, 0.29) is 11.9 Å². The number of nitrogens with two attached hydrogens (primary N) is 1. The lowest BCUT2D eigenvalue weighted by molar-refractivity contribution is -0.132. The molecule has 3 aromatic rings. The van der Waals surface area contributed by atoms with E-state index in [1.807, 2.05) is 37.3 Å². The molecule has 0 saturated heterocycles. The van der Waals surface area contributed by atoms with Crippen LogP contribution in [-0.2, 0) is 4.79 Å². The number of carbonyl (C=O) groups excluding carboxylic acids is 1. The summed E-state index contributed by atoms with van der Waals surface area (Å²) in [6.45, 7) is 1.82. The fourth-order valence-corrected chi connectivity index (χ4v) is 4.84. The van der Waals surface area contributed by atoms with Crippen LogP contribution in [0.2, 0.25) is 5.02 Å². The van der Waals surface area contributed by atoms with Gasteiger partial charge >= 0.3 is 0 Å². The fourth-order valence-electron chi connectivity index (χ4n) is 2.89. The summed E-state index contributed by atoms with van der Waals surface area (Å²) in [5, 5.41) is 14.5. The van der Waals surface area contributed by atoms with Gasteiger partial charge in [-0.2, -0.15) is 5.10 Å². The van der Waals surface area contributed by atoms with Gasteiger partial charge in [0, 0.05) is 11.4 Å². The normalized spacial score (nSPS) is 17.6. The average molecular weight is 434 g/mol. The lowest BCUT2D eigenvalue weighted by Crippen LogP contribution is -2.33. The minimum absolute atomic E-state index is 0.135. The molecule has 0 radical (unpaired) electrons. The number of hydrazone groups is 1. The van der Waals surface area contributed by atoms with Crippen molar-refractivity contribution in [1.29, 1.82) is 0 Å². The van der Waals surface area contributed by atoms with Gasteiger partial charge < -0.3 is 10.2 Å². The molecule has 3 heterocycles. The number of amides is 1. The molecule has 2 unspecified atom stereocenters. The molecule has 28 heavy (non-hydrogen) atoms. The Bertz CT molecular complexity index is 1000. The monoisotopic (exact) mass is 433 g/mol. The summed E-state index contributed by atoms with van der Waals surface area (Å²) in [6, 6.07) is 10.8. The molecule has 1 aromatic carbocycles. The van der Waals surface area contributed by atoms with Crippen LogP contribution in [0.4, 0.5) is 5.13 Å². The van der Waals surface area contributed by atoms with Crippen LogP contribution >= 0.6 is 34.7 Å². The number of furan rings is 1. The maximum absolute atomic E-state index is 13.2. The molecule has 7 nitrogen and oxygen atoms in total. The van der Waals surface area contributed by atoms with Crippen LogP contribution in [0.5, 0.6) is 0 Å². The molecule has 0 fully saturated rings. The van der Waals surface area contributed by atoms with Crippen LogP contribution in [0, 0.1) is 0 Å². The van der Waals surface area contributed by atoms with E-state index >= 15 is 0 Å². The number of nitrogen functional groups attached to an aromatic ring is 1. The summed E-state index contributed by atoms with van der Waals surface area (Å²) < 4.78 is 6.22. The number of carbonyl (C=O) groups is 1. The van der Waals surface area contributed by atoms with Gasteiger partial charge in [-0.05, 0) is 36.8 Å². The summed E-state index contributed by atoms with van der Waals surface area (Å²) >= 11 is 8.55. The smallest absolute Gasteiger partial charge is 0.256 e. The summed E-state index contributed by atoms with van der Waals surface area (Å²) in [7, 11) is 0. The third-order valence-electron chi connectivity index (χ3n) is 4.23.